The zero-order valence-electron chi connectivity index (χ0n) is 18.9. The van der Waals surface area contributed by atoms with E-state index in [1.54, 1.807) is 12.4 Å². The lowest BCUT2D eigenvalue weighted by molar-refractivity contribution is 0.296. The maximum absolute atomic E-state index is 13.2. The fourth-order valence-electron chi connectivity index (χ4n) is 3.51. The van der Waals surface area contributed by atoms with Crippen LogP contribution in [0.3, 0.4) is 0 Å². The smallest absolute Gasteiger partial charge is 0.159 e. The first-order chi connectivity index (χ1) is 14.7. The number of ether oxygens (including phenoxy) is 1. The molecule has 1 aromatic carbocycles. The molecule has 0 aliphatic heterocycles. The molecule has 2 aromatic rings. The standard InChI is InChI=1S/C26H39FN2O/c1-3-5-12-19-30-25-20-28-26(29-21-25)23-17-15-22(16-18-23)13-10-8-6-7-9-11-14-24(27)4-2/h15-18,20-21,24H,3-14,19H2,1-2H3. The van der Waals surface area contributed by atoms with Crippen molar-refractivity contribution in [3.63, 3.8) is 0 Å². The van der Waals surface area contributed by atoms with Gasteiger partial charge in [0.1, 0.15) is 0 Å². The number of aromatic nitrogens is 2. The van der Waals surface area contributed by atoms with E-state index < -0.39 is 6.17 Å². The minimum absolute atomic E-state index is 0.597. The topological polar surface area (TPSA) is 35.0 Å². The van der Waals surface area contributed by atoms with E-state index in [4.69, 9.17) is 4.74 Å². The van der Waals surface area contributed by atoms with Crippen molar-refractivity contribution in [2.24, 2.45) is 0 Å². The maximum Gasteiger partial charge on any atom is 0.159 e. The number of aryl methyl sites for hydroxylation is 1. The average Bonchev–Trinajstić information content (AvgIpc) is 2.79. The Morgan fingerprint density at radius 2 is 1.50 bits per heavy atom. The largest absolute Gasteiger partial charge is 0.490 e. The van der Waals surface area contributed by atoms with Gasteiger partial charge in [-0.3, -0.25) is 0 Å². The summed E-state index contributed by atoms with van der Waals surface area (Å²) in [5.74, 6) is 1.47. The predicted molar refractivity (Wildman–Crippen MR) is 124 cm³/mol. The van der Waals surface area contributed by atoms with Crippen molar-refractivity contribution >= 4 is 0 Å². The Morgan fingerprint density at radius 3 is 2.17 bits per heavy atom. The fourth-order valence-corrected chi connectivity index (χ4v) is 3.51. The third-order valence-corrected chi connectivity index (χ3v) is 5.53. The summed E-state index contributed by atoms with van der Waals surface area (Å²) in [5.41, 5.74) is 2.40. The van der Waals surface area contributed by atoms with E-state index in [1.165, 1.54) is 44.1 Å². The highest BCUT2D eigenvalue weighted by molar-refractivity contribution is 5.55. The third kappa shape index (κ3) is 9.69. The molecule has 1 aromatic heterocycles. The van der Waals surface area contributed by atoms with Crippen molar-refractivity contribution < 1.29 is 9.13 Å². The summed E-state index contributed by atoms with van der Waals surface area (Å²) in [5, 5.41) is 0. The number of halogens is 1. The maximum atomic E-state index is 13.2. The first kappa shape index (κ1) is 24.3. The molecule has 1 atom stereocenters. The van der Waals surface area contributed by atoms with Crippen molar-refractivity contribution in [1.29, 1.82) is 0 Å². The third-order valence-electron chi connectivity index (χ3n) is 5.53. The molecule has 0 aliphatic rings. The van der Waals surface area contributed by atoms with Gasteiger partial charge in [-0.25, -0.2) is 14.4 Å². The van der Waals surface area contributed by atoms with E-state index in [0.29, 0.717) is 6.42 Å². The fraction of sp³-hybridized carbons (Fsp3) is 0.615. The Balaban J connectivity index is 1.63. The van der Waals surface area contributed by atoms with E-state index in [2.05, 4.69) is 41.2 Å². The summed E-state index contributed by atoms with van der Waals surface area (Å²) >= 11 is 0. The lowest BCUT2D eigenvalue weighted by Crippen LogP contribution is -1.99. The van der Waals surface area contributed by atoms with Crippen LogP contribution in [0.15, 0.2) is 36.7 Å². The van der Waals surface area contributed by atoms with Gasteiger partial charge in [0.2, 0.25) is 0 Å². The highest BCUT2D eigenvalue weighted by atomic mass is 19.1. The second-order valence-electron chi connectivity index (χ2n) is 8.16. The molecule has 0 aliphatic carbocycles. The van der Waals surface area contributed by atoms with Gasteiger partial charge in [0.15, 0.2) is 11.6 Å². The zero-order valence-corrected chi connectivity index (χ0v) is 18.9. The minimum atomic E-state index is -0.597. The summed E-state index contributed by atoms with van der Waals surface area (Å²) in [6.45, 7) is 4.83. The molecule has 3 nitrogen and oxygen atoms in total. The van der Waals surface area contributed by atoms with Crippen molar-refractivity contribution in [3.05, 3.63) is 42.2 Å². The molecule has 0 radical (unpaired) electrons. The summed E-state index contributed by atoms with van der Waals surface area (Å²) in [4.78, 5) is 8.89. The van der Waals surface area contributed by atoms with E-state index >= 15 is 0 Å². The van der Waals surface area contributed by atoms with Crippen LogP contribution in [0.5, 0.6) is 5.75 Å². The molecule has 4 heteroatoms. The van der Waals surface area contributed by atoms with Gasteiger partial charge in [-0.1, -0.05) is 83.1 Å². The minimum Gasteiger partial charge on any atom is -0.490 e. The van der Waals surface area contributed by atoms with E-state index in [9.17, 15) is 4.39 Å². The molecule has 2 rings (SSSR count). The van der Waals surface area contributed by atoms with Crippen LogP contribution in [0.1, 0.15) is 90.0 Å². The molecule has 0 amide bonds. The van der Waals surface area contributed by atoms with Gasteiger partial charge in [-0.05, 0) is 37.7 Å². The summed E-state index contributed by atoms with van der Waals surface area (Å²) in [6.07, 6.45) is 16.0. The highest BCUT2D eigenvalue weighted by Crippen LogP contribution is 2.19. The number of rotatable bonds is 16. The van der Waals surface area contributed by atoms with Crippen molar-refractivity contribution in [1.82, 2.24) is 9.97 Å². The second kappa shape index (κ2) is 14.9. The second-order valence-corrected chi connectivity index (χ2v) is 8.16. The van der Waals surface area contributed by atoms with Gasteiger partial charge in [0.25, 0.3) is 0 Å². The van der Waals surface area contributed by atoms with Crippen LogP contribution in [0.4, 0.5) is 4.39 Å². The summed E-state index contributed by atoms with van der Waals surface area (Å²) < 4.78 is 18.8. The summed E-state index contributed by atoms with van der Waals surface area (Å²) in [7, 11) is 0. The molecule has 0 saturated carbocycles. The van der Waals surface area contributed by atoms with Gasteiger partial charge < -0.3 is 4.74 Å². The van der Waals surface area contributed by atoms with Crippen molar-refractivity contribution in [2.45, 2.75) is 97.1 Å². The monoisotopic (exact) mass is 414 g/mol. The Morgan fingerprint density at radius 1 is 0.833 bits per heavy atom. The molecule has 166 valence electrons. The van der Waals surface area contributed by atoms with Crippen LogP contribution >= 0.6 is 0 Å². The van der Waals surface area contributed by atoms with Crippen LogP contribution in [-0.4, -0.2) is 22.7 Å². The Labute approximate surface area is 182 Å². The normalized spacial score (nSPS) is 12.1. The first-order valence-electron chi connectivity index (χ1n) is 11.9. The number of benzene rings is 1. The molecular formula is C26H39FN2O. The SMILES string of the molecule is CCCCCOc1cnc(-c2ccc(CCCCCCCCC(F)CC)cc2)nc1. The molecule has 0 spiro atoms. The average molecular weight is 415 g/mol. The Hall–Kier alpha value is -1.97. The molecule has 1 heterocycles. The van der Waals surface area contributed by atoms with Gasteiger partial charge >= 0.3 is 0 Å². The summed E-state index contributed by atoms with van der Waals surface area (Å²) in [6, 6.07) is 8.57. The van der Waals surface area contributed by atoms with Crippen LogP contribution < -0.4 is 4.74 Å². The van der Waals surface area contributed by atoms with Crippen molar-refractivity contribution in [2.75, 3.05) is 6.61 Å². The van der Waals surface area contributed by atoms with Crippen LogP contribution in [-0.2, 0) is 6.42 Å². The number of unbranched alkanes of at least 4 members (excludes halogenated alkanes) is 7. The zero-order chi connectivity index (χ0) is 21.4. The molecule has 0 fully saturated rings. The molecular weight excluding hydrogens is 375 g/mol. The number of nitrogens with zero attached hydrogens (tertiary/aromatic N) is 2. The number of hydrogen-bond donors (Lipinski definition) is 0. The molecule has 0 N–H and O–H groups in total. The van der Waals surface area contributed by atoms with Crippen molar-refractivity contribution in [3.8, 4) is 17.1 Å². The first-order valence-corrected chi connectivity index (χ1v) is 11.9. The number of alkyl halides is 1. The van der Waals surface area contributed by atoms with E-state index in [1.807, 2.05) is 6.92 Å². The highest BCUT2D eigenvalue weighted by Gasteiger charge is 2.04. The Kier molecular flexibility index (Phi) is 12.1. The van der Waals surface area contributed by atoms with Crippen LogP contribution in [0.2, 0.25) is 0 Å². The van der Waals surface area contributed by atoms with Gasteiger partial charge in [-0.15, -0.1) is 0 Å². The molecule has 0 saturated heterocycles. The lowest BCUT2D eigenvalue weighted by atomic mass is 10.0. The molecule has 1 unspecified atom stereocenters. The Bertz CT molecular complexity index is 672. The molecule has 0 bridgehead atoms. The molecule has 30 heavy (non-hydrogen) atoms. The van der Waals surface area contributed by atoms with Gasteiger partial charge in [0.05, 0.1) is 25.2 Å². The van der Waals surface area contributed by atoms with Crippen LogP contribution in [0, 0.1) is 0 Å². The van der Waals surface area contributed by atoms with E-state index in [0.717, 1.165) is 55.8 Å². The quantitative estimate of drug-likeness (QED) is 0.264. The van der Waals surface area contributed by atoms with Gasteiger partial charge in [0, 0.05) is 5.56 Å². The van der Waals surface area contributed by atoms with E-state index in [-0.39, 0.29) is 0 Å². The number of hydrogen-bond acceptors (Lipinski definition) is 3. The van der Waals surface area contributed by atoms with Gasteiger partial charge in [-0.2, -0.15) is 0 Å². The van der Waals surface area contributed by atoms with Crippen LogP contribution in [0.25, 0.3) is 11.4 Å². The lowest BCUT2D eigenvalue weighted by Gasteiger charge is -2.07. The predicted octanol–water partition coefficient (Wildman–Crippen LogP) is 7.73.